The van der Waals surface area contributed by atoms with Gasteiger partial charge in [-0.1, -0.05) is 42.5 Å². The Morgan fingerprint density at radius 3 is 2.52 bits per heavy atom. The lowest BCUT2D eigenvalue weighted by Gasteiger charge is -2.20. The first-order chi connectivity index (χ1) is 19.2. The molecule has 4 rings (SSSR count). The molecule has 0 saturated heterocycles. The zero-order chi connectivity index (χ0) is 28.7. The molecule has 0 saturated carbocycles. The number of nitrogens with two attached hydrogens (primary N) is 1. The molecule has 2 N–H and O–H groups in total. The Labute approximate surface area is 230 Å². The number of hydrogen-bond acceptors (Lipinski definition) is 5. The molecule has 0 fully saturated rings. The quantitative estimate of drug-likeness (QED) is 0.197. The summed E-state index contributed by atoms with van der Waals surface area (Å²) in [5, 5.41) is 0.405. The van der Waals surface area contributed by atoms with E-state index in [1.165, 1.54) is 23.2 Å². The van der Waals surface area contributed by atoms with Crippen LogP contribution in [0.25, 0.3) is 22.2 Å². The van der Waals surface area contributed by atoms with Gasteiger partial charge in [-0.05, 0) is 66.7 Å². The van der Waals surface area contributed by atoms with Crippen LogP contribution in [0.5, 0.6) is 0 Å². The van der Waals surface area contributed by atoms with E-state index in [2.05, 4.69) is 9.98 Å². The predicted octanol–water partition coefficient (Wildman–Crippen LogP) is 6.32. The van der Waals surface area contributed by atoms with Crippen LogP contribution in [0.4, 0.5) is 18.9 Å². The smallest absolute Gasteiger partial charge is 0.405 e. The summed E-state index contributed by atoms with van der Waals surface area (Å²) in [5.41, 5.74) is 9.43. The van der Waals surface area contributed by atoms with Crippen LogP contribution >= 0.6 is 0 Å². The number of carbonyl (C=O) groups excluding carboxylic acids is 1. The van der Waals surface area contributed by atoms with Crippen LogP contribution < -0.4 is 10.6 Å². The first-order valence-corrected chi connectivity index (χ1v) is 12.6. The maximum absolute atomic E-state index is 13.2. The number of anilines is 1. The monoisotopic (exact) mass is 546 g/mol. The van der Waals surface area contributed by atoms with E-state index >= 15 is 0 Å². The Hall–Kier alpha value is -4.50. The highest BCUT2D eigenvalue weighted by molar-refractivity contribution is 6.47. The fourth-order valence-electron chi connectivity index (χ4n) is 4.21. The minimum absolute atomic E-state index is 0.200. The second-order valence-corrected chi connectivity index (χ2v) is 9.13. The lowest BCUT2D eigenvalue weighted by Crippen LogP contribution is -2.33. The van der Waals surface area contributed by atoms with Gasteiger partial charge >= 0.3 is 6.18 Å². The van der Waals surface area contributed by atoms with Crippen molar-refractivity contribution in [2.75, 3.05) is 25.1 Å². The van der Waals surface area contributed by atoms with Crippen LogP contribution in [-0.2, 0) is 22.3 Å². The van der Waals surface area contributed by atoms with E-state index in [9.17, 15) is 18.0 Å². The SMILES string of the molecule is Cc1cc(-c2ccc3cc(C(F)(F)F)ccc3n2)ccc1N(C)C(=O)C(C=CN)=NCCOCc1ccccc1. The predicted molar refractivity (Wildman–Crippen MR) is 152 cm³/mol. The highest BCUT2D eigenvalue weighted by Crippen LogP contribution is 2.32. The molecule has 0 bridgehead atoms. The third-order valence-corrected chi connectivity index (χ3v) is 6.28. The molecule has 0 unspecified atom stereocenters. The molecule has 0 radical (unpaired) electrons. The number of halogens is 3. The number of carbonyl (C=O) groups is 1. The molecule has 3 aromatic carbocycles. The molecule has 4 aromatic rings. The molecular formula is C31H29F3N4O2. The number of benzene rings is 3. The number of pyridine rings is 1. The van der Waals surface area contributed by atoms with Crippen LogP contribution in [0, 0.1) is 6.92 Å². The number of hydrogen-bond donors (Lipinski definition) is 1. The third kappa shape index (κ3) is 6.92. The molecule has 0 atom stereocenters. The summed E-state index contributed by atoms with van der Waals surface area (Å²) in [6.45, 7) is 2.96. The Kier molecular flexibility index (Phi) is 8.96. The van der Waals surface area contributed by atoms with Crippen LogP contribution in [0.1, 0.15) is 16.7 Å². The van der Waals surface area contributed by atoms with Gasteiger partial charge in [0.1, 0.15) is 5.71 Å². The molecular weight excluding hydrogens is 517 g/mol. The van der Waals surface area contributed by atoms with E-state index in [4.69, 9.17) is 10.5 Å². The Bertz CT molecular complexity index is 1550. The van der Waals surface area contributed by atoms with Crippen molar-refractivity contribution in [3.05, 3.63) is 108 Å². The summed E-state index contributed by atoms with van der Waals surface area (Å²) < 4.78 is 44.8. The Morgan fingerprint density at radius 2 is 1.82 bits per heavy atom. The van der Waals surface area contributed by atoms with Gasteiger partial charge in [0, 0.05) is 23.7 Å². The number of aliphatic imine (C=N–C) groups is 1. The highest BCUT2D eigenvalue weighted by Gasteiger charge is 2.30. The van der Waals surface area contributed by atoms with Crippen molar-refractivity contribution in [3.63, 3.8) is 0 Å². The van der Waals surface area contributed by atoms with Gasteiger partial charge in [0.25, 0.3) is 5.91 Å². The maximum Gasteiger partial charge on any atom is 0.416 e. The summed E-state index contributed by atoms with van der Waals surface area (Å²) in [6.07, 6.45) is -1.68. The normalized spacial score (nSPS) is 12.3. The summed E-state index contributed by atoms with van der Waals surface area (Å²) >= 11 is 0. The summed E-state index contributed by atoms with van der Waals surface area (Å²) in [7, 11) is 1.66. The van der Waals surface area contributed by atoms with Gasteiger partial charge < -0.3 is 15.4 Å². The van der Waals surface area contributed by atoms with Crippen LogP contribution in [0.3, 0.4) is 0 Å². The van der Waals surface area contributed by atoms with Crippen molar-refractivity contribution in [1.82, 2.24) is 4.98 Å². The lowest BCUT2D eigenvalue weighted by molar-refractivity contribution is -0.137. The zero-order valence-electron chi connectivity index (χ0n) is 22.2. The molecule has 0 spiro atoms. The van der Waals surface area contributed by atoms with Crippen molar-refractivity contribution >= 4 is 28.2 Å². The number of amides is 1. The van der Waals surface area contributed by atoms with Gasteiger partial charge in [0.05, 0.1) is 36.5 Å². The number of ether oxygens (including phenoxy) is 1. The van der Waals surface area contributed by atoms with Gasteiger partial charge in [-0.25, -0.2) is 4.98 Å². The standard InChI is InChI=1S/C31H29F3N4O2/c1-21-18-23(26-11-8-24-19-25(31(32,33)34)10-12-27(24)37-26)9-13-29(21)38(2)30(39)28(14-15-35)36-16-17-40-20-22-6-4-3-5-7-22/h3-15,18-19H,16-17,20,35H2,1-2H3. The van der Waals surface area contributed by atoms with Crippen molar-refractivity contribution in [2.45, 2.75) is 19.7 Å². The lowest BCUT2D eigenvalue weighted by atomic mass is 10.0. The van der Waals surface area contributed by atoms with Gasteiger partial charge in [0.15, 0.2) is 0 Å². The average molecular weight is 547 g/mol. The van der Waals surface area contributed by atoms with Crippen molar-refractivity contribution in [3.8, 4) is 11.3 Å². The molecule has 9 heteroatoms. The second-order valence-electron chi connectivity index (χ2n) is 9.13. The first kappa shape index (κ1) is 28.5. The van der Waals surface area contributed by atoms with Gasteiger partial charge in [-0.2, -0.15) is 13.2 Å². The third-order valence-electron chi connectivity index (χ3n) is 6.28. The fourth-order valence-corrected chi connectivity index (χ4v) is 4.21. The number of fused-ring (bicyclic) bond motifs is 1. The maximum atomic E-state index is 13.2. The molecule has 1 heterocycles. The largest absolute Gasteiger partial charge is 0.416 e. The van der Waals surface area contributed by atoms with E-state index < -0.39 is 11.7 Å². The van der Waals surface area contributed by atoms with E-state index in [1.54, 1.807) is 25.2 Å². The molecule has 206 valence electrons. The molecule has 0 aliphatic heterocycles. The van der Waals surface area contributed by atoms with Gasteiger partial charge in [-0.3, -0.25) is 9.79 Å². The minimum atomic E-state index is -4.41. The zero-order valence-corrected chi connectivity index (χ0v) is 22.2. The summed E-state index contributed by atoms with van der Waals surface area (Å²) in [5.74, 6) is -0.329. The van der Waals surface area contributed by atoms with Crippen molar-refractivity contribution in [1.29, 1.82) is 0 Å². The average Bonchev–Trinajstić information content (AvgIpc) is 2.95. The molecule has 6 nitrogen and oxygen atoms in total. The van der Waals surface area contributed by atoms with Gasteiger partial charge in [0.2, 0.25) is 0 Å². The first-order valence-electron chi connectivity index (χ1n) is 12.6. The van der Waals surface area contributed by atoms with E-state index in [0.29, 0.717) is 42.0 Å². The fraction of sp³-hybridized carbons (Fsp3) is 0.194. The number of aryl methyl sites for hydroxylation is 1. The van der Waals surface area contributed by atoms with Crippen LogP contribution in [0.15, 0.2) is 96.1 Å². The molecule has 40 heavy (non-hydrogen) atoms. The topological polar surface area (TPSA) is 80.8 Å². The Balaban J connectivity index is 1.46. The van der Waals surface area contributed by atoms with E-state index in [0.717, 1.165) is 28.8 Å². The molecule has 0 aliphatic rings. The van der Waals surface area contributed by atoms with E-state index in [1.807, 2.05) is 49.4 Å². The summed E-state index contributed by atoms with van der Waals surface area (Å²) in [6, 6.07) is 22.1. The number of nitrogens with zero attached hydrogens (tertiary/aromatic N) is 3. The van der Waals surface area contributed by atoms with Crippen molar-refractivity contribution < 1.29 is 22.7 Å². The number of alkyl halides is 3. The number of aromatic nitrogens is 1. The molecule has 0 aliphatic carbocycles. The minimum Gasteiger partial charge on any atom is -0.405 e. The Morgan fingerprint density at radius 1 is 1.05 bits per heavy atom. The summed E-state index contributed by atoms with van der Waals surface area (Å²) in [4.78, 5) is 23.6. The van der Waals surface area contributed by atoms with Gasteiger partial charge in [-0.15, -0.1) is 0 Å². The van der Waals surface area contributed by atoms with Crippen LogP contribution in [0.2, 0.25) is 0 Å². The van der Waals surface area contributed by atoms with Crippen LogP contribution in [-0.4, -0.2) is 36.8 Å². The molecule has 1 amide bonds. The second kappa shape index (κ2) is 12.6. The van der Waals surface area contributed by atoms with Crippen molar-refractivity contribution in [2.24, 2.45) is 10.7 Å². The number of rotatable bonds is 9. The highest BCUT2D eigenvalue weighted by atomic mass is 19.4. The molecule has 1 aromatic heterocycles. The van der Waals surface area contributed by atoms with E-state index in [-0.39, 0.29) is 11.6 Å².